The minimum absolute atomic E-state index is 0.204. The standard InChI is InChI=1S/C13H16BrNO/c14-11-4-2-1-3-10(11)13-8-15-7-12(16-13)9-5-6-9/h1-4,9,12-13,15H,5-8H2. The van der Waals surface area contributed by atoms with E-state index in [1.54, 1.807) is 0 Å². The Balaban J connectivity index is 1.76. The van der Waals surface area contributed by atoms with E-state index in [0.717, 1.165) is 23.5 Å². The highest BCUT2D eigenvalue weighted by atomic mass is 79.9. The maximum Gasteiger partial charge on any atom is 0.0964 e. The molecular formula is C13H16BrNO. The average molecular weight is 282 g/mol. The molecule has 3 heteroatoms. The van der Waals surface area contributed by atoms with Crippen LogP contribution in [0.5, 0.6) is 0 Å². The Morgan fingerprint density at radius 1 is 1.19 bits per heavy atom. The van der Waals surface area contributed by atoms with Gasteiger partial charge in [-0.1, -0.05) is 34.1 Å². The molecule has 1 aliphatic carbocycles. The third kappa shape index (κ3) is 2.17. The van der Waals surface area contributed by atoms with Crippen LogP contribution in [0.1, 0.15) is 24.5 Å². The third-order valence-corrected chi connectivity index (χ3v) is 4.14. The van der Waals surface area contributed by atoms with Crippen molar-refractivity contribution in [2.45, 2.75) is 25.0 Å². The van der Waals surface area contributed by atoms with Crippen molar-refractivity contribution < 1.29 is 4.74 Å². The number of ether oxygens (including phenoxy) is 1. The fraction of sp³-hybridized carbons (Fsp3) is 0.538. The summed E-state index contributed by atoms with van der Waals surface area (Å²) >= 11 is 3.60. The summed E-state index contributed by atoms with van der Waals surface area (Å²) in [5.41, 5.74) is 1.26. The molecule has 1 aromatic carbocycles. The SMILES string of the molecule is Brc1ccccc1C1CNCC(C2CC2)O1. The van der Waals surface area contributed by atoms with Crippen LogP contribution in [0.3, 0.4) is 0 Å². The maximum atomic E-state index is 6.18. The van der Waals surface area contributed by atoms with Gasteiger partial charge in [-0.25, -0.2) is 0 Å². The largest absolute Gasteiger partial charge is 0.367 e. The van der Waals surface area contributed by atoms with Crippen molar-refractivity contribution >= 4 is 15.9 Å². The van der Waals surface area contributed by atoms with Crippen molar-refractivity contribution in [3.8, 4) is 0 Å². The van der Waals surface area contributed by atoms with Gasteiger partial charge in [0.2, 0.25) is 0 Å². The van der Waals surface area contributed by atoms with Gasteiger partial charge in [0.15, 0.2) is 0 Å². The van der Waals surface area contributed by atoms with Crippen LogP contribution < -0.4 is 5.32 Å². The van der Waals surface area contributed by atoms with Crippen LogP contribution in [-0.4, -0.2) is 19.2 Å². The first-order valence-corrected chi connectivity index (χ1v) is 6.74. The minimum atomic E-state index is 0.204. The Morgan fingerprint density at radius 3 is 2.75 bits per heavy atom. The highest BCUT2D eigenvalue weighted by Crippen LogP contribution is 2.38. The smallest absolute Gasteiger partial charge is 0.0964 e. The molecule has 0 amide bonds. The van der Waals surface area contributed by atoms with Gasteiger partial charge in [0.25, 0.3) is 0 Å². The molecule has 2 fully saturated rings. The minimum Gasteiger partial charge on any atom is -0.367 e. The first kappa shape index (κ1) is 10.8. The van der Waals surface area contributed by atoms with Crippen LogP contribution in [0, 0.1) is 5.92 Å². The molecule has 0 bridgehead atoms. The van der Waals surface area contributed by atoms with Crippen molar-refractivity contribution in [1.82, 2.24) is 5.32 Å². The van der Waals surface area contributed by atoms with Gasteiger partial charge in [-0.2, -0.15) is 0 Å². The van der Waals surface area contributed by atoms with Crippen LogP contribution in [-0.2, 0) is 4.74 Å². The Morgan fingerprint density at radius 2 is 2.00 bits per heavy atom. The van der Waals surface area contributed by atoms with Crippen LogP contribution >= 0.6 is 15.9 Å². The van der Waals surface area contributed by atoms with Crippen LogP contribution in [0.4, 0.5) is 0 Å². The zero-order chi connectivity index (χ0) is 11.0. The Labute approximate surface area is 105 Å². The summed E-state index contributed by atoms with van der Waals surface area (Å²) in [6, 6.07) is 8.34. The molecule has 16 heavy (non-hydrogen) atoms. The molecule has 1 N–H and O–H groups in total. The number of morpholine rings is 1. The second-order valence-corrected chi connectivity index (χ2v) is 5.53. The monoisotopic (exact) mass is 281 g/mol. The van der Waals surface area contributed by atoms with E-state index in [0.29, 0.717) is 6.10 Å². The van der Waals surface area contributed by atoms with Crippen molar-refractivity contribution in [1.29, 1.82) is 0 Å². The molecular weight excluding hydrogens is 266 g/mol. The number of halogens is 1. The van der Waals surface area contributed by atoms with E-state index < -0.39 is 0 Å². The summed E-state index contributed by atoms with van der Waals surface area (Å²) < 4.78 is 7.34. The van der Waals surface area contributed by atoms with Crippen LogP contribution in [0.25, 0.3) is 0 Å². The molecule has 2 nitrogen and oxygen atoms in total. The molecule has 2 aliphatic rings. The lowest BCUT2D eigenvalue weighted by atomic mass is 10.1. The van der Waals surface area contributed by atoms with E-state index in [-0.39, 0.29) is 6.10 Å². The summed E-state index contributed by atoms with van der Waals surface area (Å²) in [5.74, 6) is 0.804. The lowest BCUT2D eigenvalue weighted by Crippen LogP contribution is -2.41. The molecule has 1 aromatic rings. The fourth-order valence-corrected chi connectivity index (χ4v) is 2.87. The van der Waals surface area contributed by atoms with E-state index >= 15 is 0 Å². The van der Waals surface area contributed by atoms with E-state index in [1.807, 2.05) is 6.07 Å². The fourth-order valence-electron chi connectivity index (χ4n) is 2.33. The predicted octanol–water partition coefficient (Wildman–Crippen LogP) is 2.89. The average Bonchev–Trinajstić information content (AvgIpc) is 3.14. The number of hydrogen-bond donors (Lipinski definition) is 1. The predicted molar refractivity (Wildman–Crippen MR) is 67.3 cm³/mol. The van der Waals surface area contributed by atoms with E-state index in [9.17, 15) is 0 Å². The second kappa shape index (κ2) is 4.47. The number of rotatable bonds is 2. The van der Waals surface area contributed by atoms with Gasteiger partial charge in [0.05, 0.1) is 12.2 Å². The quantitative estimate of drug-likeness (QED) is 0.900. The molecule has 2 atom stereocenters. The number of benzene rings is 1. The van der Waals surface area contributed by atoms with Crippen molar-refractivity contribution in [2.75, 3.05) is 13.1 Å². The molecule has 1 saturated carbocycles. The summed E-state index contributed by atoms with van der Waals surface area (Å²) in [6.45, 7) is 1.94. The van der Waals surface area contributed by atoms with E-state index in [1.165, 1.54) is 18.4 Å². The van der Waals surface area contributed by atoms with Gasteiger partial charge >= 0.3 is 0 Å². The molecule has 3 rings (SSSR count). The zero-order valence-electron chi connectivity index (χ0n) is 9.16. The summed E-state index contributed by atoms with van der Waals surface area (Å²) in [7, 11) is 0. The highest BCUT2D eigenvalue weighted by Gasteiger charge is 2.36. The van der Waals surface area contributed by atoms with E-state index in [2.05, 4.69) is 39.4 Å². The first-order chi connectivity index (χ1) is 7.84. The molecule has 0 radical (unpaired) electrons. The number of hydrogen-bond acceptors (Lipinski definition) is 2. The summed E-state index contributed by atoms with van der Waals surface area (Å²) in [5, 5.41) is 3.49. The maximum absolute atomic E-state index is 6.18. The lowest BCUT2D eigenvalue weighted by Gasteiger charge is -2.31. The highest BCUT2D eigenvalue weighted by molar-refractivity contribution is 9.10. The van der Waals surface area contributed by atoms with Crippen molar-refractivity contribution in [2.24, 2.45) is 5.92 Å². The topological polar surface area (TPSA) is 21.3 Å². The van der Waals surface area contributed by atoms with Gasteiger partial charge < -0.3 is 10.1 Å². The molecule has 1 heterocycles. The van der Waals surface area contributed by atoms with Gasteiger partial charge in [0.1, 0.15) is 0 Å². The summed E-state index contributed by atoms with van der Waals surface area (Å²) in [4.78, 5) is 0. The zero-order valence-corrected chi connectivity index (χ0v) is 10.7. The number of nitrogens with one attached hydrogen (secondary N) is 1. The normalized spacial score (nSPS) is 30.3. The third-order valence-electron chi connectivity index (χ3n) is 3.41. The Bertz CT molecular complexity index is 378. The molecule has 86 valence electrons. The van der Waals surface area contributed by atoms with Gasteiger partial charge in [-0.3, -0.25) is 0 Å². The van der Waals surface area contributed by atoms with Crippen molar-refractivity contribution in [3.05, 3.63) is 34.3 Å². The molecule has 1 aliphatic heterocycles. The van der Waals surface area contributed by atoms with Crippen LogP contribution in [0.2, 0.25) is 0 Å². The van der Waals surface area contributed by atoms with E-state index in [4.69, 9.17) is 4.74 Å². The van der Waals surface area contributed by atoms with Gasteiger partial charge in [-0.05, 0) is 30.4 Å². The molecule has 0 aromatic heterocycles. The van der Waals surface area contributed by atoms with Crippen molar-refractivity contribution in [3.63, 3.8) is 0 Å². The molecule has 2 unspecified atom stereocenters. The van der Waals surface area contributed by atoms with Gasteiger partial charge in [0, 0.05) is 17.6 Å². The lowest BCUT2D eigenvalue weighted by molar-refractivity contribution is -0.0496. The Hall–Kier alpha value is -0.380. The second-order valence-electron chi connectivity index (χ2n) is 4.68. The Kier molecular flexibility index (Phi) is 3.01. The molecule has 1 saturated heterocycles. The van der Waals surface area contributed by atoms with Crippen LogP contribution in [0.15, 0.2) is 28.7 Å². The van der Waals surface area contributed by atoms with Gasteiger partial charge in [-0.15, -0.1) is 0 Å². The first-order valence-electron chi connectivity index (χ1n) is 5.95. The molecule has 0 spiro atoms. The summed E-state index contributed by atoms with van der Waals surface area (Å²) in [6.07, 6.45) is 3.31.